The van der Waals surface area contributed by atoms with Gasteiger partial charge in [-0.1, -0.05) is 24.6 Å². The van der Waals surface area contributed by atoms with Gasteiger partial charge in [-0.15, -0.1) is 0 Å². The summed E-state index contributed by atoms with van der Waals surface area (Å²) in [5.41, 5.74) is 1.10. The molecule has 1 fully saturated rings. The Morgan fingerprint density at radius 3 is 2.80 bits per heavy atom. The SMILES string of the molecule is CCNC(c1ccc(F)c(Cl)c1)C1CC1. The summed E-state index contributed by atoms with van der Waals surface area (Å²) in [6.07, 6.45) is 2.51. The number of benzene rings is 1. The van der Waals surface area contributed by atoms with E-state index in [2.05, 4.69) is 12.2 Å². The fourth-order valence-electron chi connectivity index (χ4n) is 1.91. The van der Waals surface area contributed by atoms with Crippen LogP contribution in [0.4, 0.5) is 4.39 Å². The maximum absolute atomic E-state index is 13.0. The van der Waals surface area contributed by atoms with Crippen molar-refractivity contribution in [2.75, 3.05) is 6.54 Å². The molecule has 0 radical (unpaired) electrons. The third-order valence-corrected chi connectivity index (χ3v) is 3.11. The van der Waals surface area contributed by atoms with Gasteiger partial charge in [0.05, 0.1) is 5.02 Å². The number of hydrogen-bond acceptors (Lipinski definition) is 1. The van der Waals surface area contributed by atoms with Gasteiger partial charge in [0.15, 0.2) is 0 Å². The second-order valence-corrected chi connectivity index (χ2v) is 4.45. The fraction of sp³-hybridized carbons (Fsp3) is 0.500. The molecular weight excluding hydrogens is 213 g/mol. The van der Waals surface area contributed by atoms with Gasteiger partial charge in [0.1, 0.15) is 5.82 Å². The highest BCUT2D eigenvalue weighted by Gasteiger charge is 2.31. The average molecular weight is 228 g/mol. The molecule has 1 nitrogen and oxygen atoms in total. The summed E-state index contributed by atoms with van der Waals surface area (Å²) in [5.74, 6) is 0.359. The van der Waals surface area contributed by atoms with Crippen LogP contribution in [0, 0.1) is 11.7 Å². The Morgan fingerprint density at radius 1 is 1.53 bits per heavy atom. The van der Waals surface area contributed by atoms with Crippen molar-refractivity contribution < 1.29 is 4.39 Å². The van der Waals surface area contributed by atoms with Gasteiger partial charge in [0, 0.05) is 6.04 Å². The van der Waals surface area contributed by atoms with Crippen LogP contribution in [-0.2, 0) is 0 Å². The van der Waals surface area contributed by atoms with Gasteiger partial charge in [0.2, 0.25) is 0 Å². The van der Waals surface area contributed by atoms with Crippen LogP contribution in [0.3, 0.4) is 0 Å². The predicted octanol–water partition coefficient (Wildman–Crippen LogP) is 3.54. The Labute approximate surface area is 94.6 Å². The molecule has 1 atom stereocenters. The number of rotatable bonds is 4. The van der Waals surface area contributed by atoms with E-state index in [1.54, 1.807) is 6.07 Å². The monoisotopic (exact) mass is 227 g/mol. The minimum atomic E-state index is -0.341. The highest BCUT2D eigenvalue weighted by molar-refractivity contribution is 6.30. The molecule has 15 heavy (non-hydrogen) atoms. The van der Waals surface area contributed by atoms with Crippen molar-refractivity contribution in [1.29, 1.82) is 0 Å². The van der Waals surface area contributed by atoms with Crippen molar-refractivity contribution >= 4 is 11.6 Å². The summed E-state index contributed by atoms with van der Waals surface area (Å²) in [4.78, 5) is 0. The third kappa shape index (κ3) is 2.50. The predicted molar refractivity (Wildman–Crippen MR) is 60.6 cm³/mol. The Balaban J connectivity index is 2.21. The molecule has 3 heteroatoms. The van der Waals surface area contributed by atoms with Gasteiger partial charge < -0.3 is 5.32 Å². The zero-order valence-electron chi connectivity index (χ0n) is 8.76. The van der Waals surface area contributed by atoms with Crippen molar-refractivity contribution in [3.05, 3.63) is 34.6 Å². The Bertz CT molecular complexity index is 349. The largest absolute Gasteiger partial charge is 0.310 e. The van der Waals surface area contributed by atoms with Crippen LogP contribution in [0.25, 0.3) is 0 Å². The van der Waals surface area contributed by atoms with Gasteiger partial charge >= 0.3 is 0 Å². The third-order valence-electron chi connectivity index (χ3n) is 2.82. The maximum Gasteiger partial charge on any atom is 0.141 e. The normalized spacial score (nSPS) is 17.8. The summed E-state index contributed by atoms with van der Waals surface area (Å²) >= 11 is 5.78. The van der Waals surface area contributed by atoms with Crippen molar-refractivity contribution in [3.8, 4) is 0 Å². The maximum atomic E-state index is 13.0. The first-order valence-electron chi connectivity index (χ1n) is 5.40. The van der Waals surface area contributed by atoms with Crippen molar-refractivity contribution in [2.45, 2.75) is 25.8 Å². The van der Waals surface area contributed by atoms with E-state index in [-0.39, 0.29) is 10.8 Å². The Morgan fingerprint density at radius 2 is 2.27 bits per heavy atom. The highest BCUT2D eigenvalue weighted by atomic mass is 35.5. The molecule has 1 aromatic carbocycles. The van der Waals surface area contributed by atoms with Crippen LogP contribution in [-0.4, -0.2) is 6.54 Å². The average Bonchev–Trinajstić information content (AvgIpc) is 3.02. The minimum absolute atomic E-state index is 0.219. The van der Waals surface area contributed by atoms with E-state index in [4.69, 9.17) is 11.6 Å². The Hall–Kier alpha value is -0.600. The van der Waals surface area contributed by atoms with E-state index in [1.807, 2.05) is 6.07 Å². The molecule has 0 aliphatic heterocycles. The molecule has 1 aliphatic carbocycles. The van der Waals surface area contributed by atoms with Crippen LogP contribution >= 0.6 is 11.6 Å². The van der Waals surface area contributed by atoms with E-state index in [1.165, 1.54) is 18.9 Å². The van der Waals surface area contributed by atoms with Crippen LogP contribution in [0.15, 0.2) is 18.2 Å². The standard InChI is InChI=1S/C12H15ClFN/c1-2-15-12(8-3-4-8)9-5-6-11(14)10(13)7-9/h5-8,12,15H,2-4H2,1H3. The first kappa shape index (κ1) is 10.9. The summed E-state index contributed by atoms with van der Waals surface area (Å²) in [5, 5.41) is 3.64. The number of hydrogen-bond donors (Lipinski definition) is 1. The fourth-order valence-corrected chi connectivity index (χ4v) is 2.10. The lowest BCUT2D eigenvalue weighted by atomic mass is 10.0. The van der Waals surface area contributed by atoms with Crippen LogP contribution in [0.5, 0.6) is 0 Å². The van der Waals surface area contributed by atoms with Crippen LogP contribution < -0.4 is 5.32 Å². The highest BCUT2D eigenvalue weighted by Crippen LogP contribution is 2.41. The molecule has 0 spiro atoms. The van der Waals surface area contributed by atoms with E-state index in [0.29, 0.717) is 12.0 Å². The zero-order chi connectivity index (χ0) is 10.8. The van der Waals surface area contributed by atoms with E-state index >= 15 is 0 Å². The molecule has 2 rings (SSSR count). The first-order chi connectivity index (χ1) is 7.22. The lowest BCUT2D eigenvalue weighted by Crippen LogP contribution is -2.22. The molecule has 1 aromatic rings. The second kappa shape index (κ2) is 4.50. The molecule has 82 valence electrons. The molecule has 1 aliphatic rings. The van der Waals surface area contributed by atoms with E-state index in [9.17, 15) is 4.39 Å². The Kier molecular flexibility index (Phi) is 3.27. The van der Waals surface area contributed by atoms with Gasteiger partial charge in [-0.25, -0.2) is 4.39 Å². The lowest BCUT2D eigenvalue weighted by Gasteiger charge is -2.17. The molecule has 0 amide bonds. The van der Waals surface area contributed by atoms with Gasteiger partial charge in [0.25, 0.3) is 0 Å². The van der Waals surface area contributed by atoms with E-state index < -0.39 is 0 Å². The summed E-state index contributed by atoms with van der Waals surface area (Å²) in [7, 11) is 0. The van der Waals surface area contributed by atoms with E-state index in [0.717, 1.165) is 12.1 Å². The molecule has 0 bridgehead atoms. The van der Waals surface area contributed by atoms with Crippen molar-refractivity contribution in [1.82, 2.24) is 5.32 Å². The minimum Gasteiger partial charge on any atom is -0.310 e. The molecule has 0 saturated heterocycles. The van der Waals surface area contributed by atoms with Gasteiger partial charge in [-0.05, 0) is 43.0 Å². The number of nitrogens with one attached hydrogen (secondary N) is 1. The van der Waals surface area contributed by atoms with Gasteiger partial charge in [-0.2, -0.15) is 0 Å². The number of halogens is 2. The van der Waals surface area contributed by atoms with Crippen LogP contribution in [0.1, 0.15) is 31.4 Å². The zero-order valence-corrected chi connectivity index (χ0v) is 9.52. The summed E-state index contributed by atoms with van der Waals surface area (Å²) < 4.78 is 13.0. The van der Waals surface area contributed by atoms with Gasteiger partial charge in [-0.3, -0.25) is 0 Å². The molecular formula is C12H15ClFN. The summed E-state index contributed by atoms with van der Waals surface area (Å²) in [6.45, 7) is 3.01. The first-order valence-corrected chi connectivity index (χ1v) is 5.78. The summed E-state index contributed by atoms with van der Waals surface area (Å²) in [6, 6.07) is 5.35. The second-order valence-electron chi connectivity index (χ2n) is 4.05. The van der Waals surface area contributed by atoms with Crippen molar-refractivity contribution in [2.24, 2.45) is 5.92 Å². The van der Waals surface area contributed by atoms with Crippen LogP contribution in [0.2, 0.25) is 5.02 Å². The molecule has 0 heterocycles. The molecule has 1 N–H and O–H groups in total. The quantitative estimate of drug-likeness (QED) is 0.830. The lowest BCUT2D eigenvalue weighted by molar-refractivity contribution is 0.495. The van der Waals surface area contributed by atoms with Crippen molar-refractivity contribution in [3.63, 3.8) is 0 Å². The molecule has 1 saturated carbocycles. The molecule has 1 unspecified atom stereocenters. The smallest absolute Gasteiger partial charge is 0.141 e. The molecule has 0 aromatic heterocycles. The topological polar surface area (TPSA) is 12.0 Å².